The highest BCUT2D eigenvalue weighted by atomic mass is 32.1. The molecule has 2 nitrogen and oxygen atoms in total. The topological polar surface area (TPSA) is 24.9 Å². The van der Waals surface area contributed by atoms with Gasteiger partial charge in [0, 0.05) is 17.1 Å². The van der Waals surface area contributed by atoms with E-state index in [1.54, 1.807) is 23.5 Å². The third-order valence-electron chi connectivity index (χ3n) is 3.64. The summed E-state index contributed by atoms with van der Waals surface area (Å²) in [5.74, 6) is -0.136. The minimum atomic E-state index is -0.136. The van der Waals surface area contributed by atoms with Gasteiger partial charge in [-0.1, -0.05) is 6.07 Å². The number of benzene rings is 1. The molecule has 19 heavy (non-hydrogen) atoms. The Hall–Kier alpha value is -1.26. The van der Waals surface area contributed by atoms with Crippen LogP contribution in [0, 0.1) is 12.7 Å². The Bertz CT molecular complexity index is 594. The van der Waals surface area contributed by atoms with E-state index in [1.165, 1.54) is 5.56 Å². The van der Waals surface area contributed by atoms with Gasteiger partial charge in [-0.15, -0.1) is 11.3 Å². The molecule has 0 aliphatic heterocycles. The summed E-state index contributed by atoms with van der Waals surface area (Å²) in [5.41, 5.74) is 3.45. The van der Waals surface area contributed by atoms with E-state index in [-0.39, 0.29) is 11.9 Å². The zero-order chi connectivity index (χ0) is 13.4. The molecule has 2 atom stereocenters. The molecule has 1 heterocycles. The summed E-state index contributed by atoms with van der Waals surface area (Å²) in [5, 5.41) is 6.80. The summed E-state index contributed by atoms with van der Waals surface area (Å²) in [4.78, 5) is 4.52. The van der Waals surface area contributed by atoms with E-state index < -0.39 is 0 Å². The van der Waals surface area contributed by atoms with Crippen molar-refractivity contribution < 1.29 is 4.39 Å². The minimum Gasteiger partial charge on any atom is -0.301 e. The van der Waals surface area contributed by atoms with Crippen molar-refractivity contribution in [1.29, 1.82) is 0 Å². The fourth-order valence-electron chi connectivity index (χ4n) is 2.70. The van der Waals surface area contributed by atoms with E-state index in [0.717, 1.165) is 29.1 Å². The zero-order valence-corrected chi connectivity index (χ0v) is 11.9. The largest absolute Gasteiger partial charge is 0.301 e. The van der Waals surface area contributed by atoms with Crippen LogP contribution < -0.4 is 5.32 Å². The van der Waals surface area contributed by atoms with Crippen molar-refractivity contribution in [3.63, 3.8) is 0 Å². The number of nitrogens with one attached hydrogen (secondary N) is 1. The Kier molecular flexibility index (Phi) is 3.37. The molecule has 0 fully saturated rings. The monoisotopic (exact) mass is 276 g/mol. The van der Waals surface area contributed by atoms with Gasteiger partial charge in [0.05, 0.1) is 6.04 Å². The quantitative estimate of drug-likeness (QED) is 0.918. The molecule has 2 unspecified atom stereocenters. The highest BCUT2D eigenvalue weighted by molar-refractivity contribution is 7.09. The number of thiazole rings is 1. The number of halogens is 1. The molecule has 4 heteroatoms. The molecule has 0 saturated heterocycles. The van der Waals surface area contributed by atoms with E-state index in [1.807, 2.05) is 13.0 Å². The number of rotatable bonds is 3. The molecule has 1 N–H and O–H groups in total. The van der Waals surface area contributed by atoms with E-state index in [9.17, 15) is 4.39 Å². The molecule has 0 radical (unpaired) electrons. The van der Waals surface area contributed by atoms with Gasteiger partial charge in [0.2, 0.25) is 0 Å². The van der Waals surface area contributed by atoms with Crippen molar-refractivity contribution in [2.24, 2.45) is 0 Å². The molecule has 0 bridgehead atoms. The molecule has 1 aromatic heterocycles. The molecule has 0 saturated carbocycles. The predicted molar refractivity (Wildman–Crippen MR) is 75.9 cm³/mol. The fraction of sp³-hybridized carbons (Fsp3) is 0.400. The summed E-state index contributed by atoms with van der Waals surface area (Å²) in [6, 6.07) is 5.68. The number of aromatic nitrogens is 1. The molecule has 1 aliphatic carbocycles. The Morgan fingerprint density at radius 3 is 3.05 bits per heavy atom. The summed E-state index contributed by atoms with van der Waals surface area (Å²) in [6.07, 6.45) is 1.99. The van der Waals surface area contributed by atoms with Crippen molar-refractivity contribution in [2.75, 3.05) is 0 Å². The van der Waals surface area contributed by atoms with Crippen LogP contribution in [0.2, 0.25) is 0 Å². The molecule has 1 aliphatic rings. The zero-order valence-electron chi connectivity index (χ0n) is 11.1. The molecule has 0 amide bonds. The van der Waals surface area contributed by atoms with Gasteiger partial charge in [-0.3, -0.25) is 0 Å². The Balaban J connectivity index is 1.76. The van der Waals surface area contributed by atoms with Gasteiger partial charge in [-0.25, -0.2) is 9.37 Å². The molecule has 0 spiro atoms. The van der Waals surface area contributed by atoms with Gasteiger partial charge in [0.1, 0.15) is 10.8 Å². The first-order valence-corrected chi connectivity index (χ1v) is 7.48. The standard InChI is InChI=1S/C15H17FN2S/c1-9-8-19-15(17-9)10(2)18-14-6-3-11-7-12(16)4-5-13(11)14/h4-5,7-8,10,14,18H,3,6H2,1-2H3. The lowest BCUT2D eigenvalue weighted by atomic mass is 10.1. The smallest absolute Gasteiger partial charge is 0.123 e. The van der Waals surface area contributed by atoms with Crippen molar-refractivity contribution >= 4 is 11.3 Å². The predicted octanol–water partition coefficient (Wildman–Crippen LogP) is 3.93. The van der Waals surface area contributed by atoms with Crippen LogP contribution in [0.25, 0.3) is 0 Å². The maximum Gasteiger partial charge on any atom is 0.123 e. The van der Waals surface area contributed by atoms with E-state index >= 15 is 0 Å². The van der Waals surface area contributed by atoms with Crippen LogP contribution in [-0.4, -0.2) is 4.98 Å². The molecular weight excluding hydrogens is 259 g/mol. The van der Waals surface area contributed by atoms with E-state index in [4.69, 9.17) is 0 Å². The van der Waals surface area contributed by atoms with Crippen molar-refractivity contribution in [2.45, 2.75) is 38.8 Å². The normalized spacial score (nSPS) is 19.4. The van der Waals surface area contributed by atoms with Crippen molar-refractivity contribution in [1.82, 2.24) is 10.3 Å². The number of fused-ring (bicyclic) bond motifs is 1. The van der Waals surface area contributed by atoms with Gasteiger partial charge in [0.15, 0.2) is 0 Å². The average molecular weight is 276 g/mol. The van der Waals surface area contributed by atoms with Gasteiger partial charge in [0.25, 0.3) is 0 Å². The molecule has 1 aromatic carbocycles. The minimum absolute atomic E-state index is 0.136. The molecule has 100 valence electrons. The lowest BCUT2D eigenvalue weighted by Crippen LogP contribution is -2.22. The second-order valence-corrected chi connectivity index (χ2v) is 6.04. The SMILES string of the molecule is Cc1csc(C(C)NC2CCc3cc(F)ccc32)n1. The van der Waals surface area contributed by atoms with Crippen molar-refractivity contribution in [3.8, 4) is 0 Å². The third kappa shape index (κ3) is 2.55. The number of hydrogen-bond donors (Lipinski definition) is 1. The van der Waals surface area contributed by atoms with Gasteiger partial charge in [-0.2, -0.15) is 0 Å². The van der Waals surface area contributed by atoms with E-state index in [0.29, 0.717) is 6.04 Å². The average Bonchev–Trinajstić information content (AvgIpc) is 2.96. The maximum absolute atomic E-state index is 13.2. The number of nitrogens with zero attached hydrogens (tertiary/aromatic N) is 1. The molecule has 2 aromatic rings. The molecular formula is C15H17FN2S. The molecule has 3 rings (SSSR count). The Labute approximate surface area is 116 Å². The summed E-state index contributed by atoms with van der Waals surface area (Å²) in [7, 11) is 0. The first kappa shape index (κ1) is 12.8. The van der Waals surface area contributed by atoms with Gasteiger partial charge < -0.3 is 5.32 Å². The number of hydrogen-bond acceptors (Lipinski definition) is 3. The van der Waals surface area contributed by atoms with Crippen LogP contribution in [0.4, 0.5) is 4.39 Å². The Morgan fingerprint density at radius 1 is 1.47 bits per heavy atom. The fourth-order valence-corrected chi connectivity index (χ4v) is 3.52. The lowest BCUT2D eigenvalue weighted by Gasteiger charge is -2.18. The maximum atomic E-state index is 13.2. The van der Waals surface area contributed by atoms with Crippen LogP contribution in [-0.2, 0) is 6.42 Å². The highest BCUT2D eigenvalue weighted by Crippen LogP contribution is 2.33. The summed E-state index contributed by atoms with van der Waals surface area (Å²) in [6.45, 7) is 4.15. The van der Waals surface area contributed by atoms with Crippen LogP contribution in [0.1, 0.15) is 47.3 Å². The third-order valence-corrected chi connectivity index (χ3v) is 4.79. The van der Waals surface area contributed by atoms with E-state index in [2.05, 4.69) is 22.6 Å². The van der Waals surface area contributed by atoms with Gasteiger partial charge in [-0.05, 0) is 49.9 Å². The first-order valence-electron chi connectivity index (χ1n) is 6.60. The summed E-state index contributed by atoms with van der Waals surface area (Å²) >= 11 is 1.69. The number of aryl methyl sites for hydroxylation is 2. The lowest BCUT2D eigenvalue weighted by molar-refractivity contribution is 0.463. The second-order valence-electron chi connectivity index (χ2n) is 5.15. The second kappa shape index (κ2) is 5.02. The van der Waals surface area contributed by atoms with Crippen molar-refractivity contribution in [3.05, 3.63) is 51.2 Å². The summed E-state index contributed by atoms with van der Waals surface area (Å²) < 4.78 is 13.2. The first-order chi connectivity index (χ1) is 9.13. The highest BCUT2D eigenvalue weighted by Gasteiger charge is 2.24. The van der Waals surface area contributed by atoms with Crippen LogP contribution in [0.5, 0.6) is 0 Å². The van der Waals surface area contributed by atoms with Crippen LogP contribution >= 0.6 is 11.3 Å². The van der Waals surface area contributed by atoms with Crippen LogP contribution in [0.15, 0.2) is 23.6 Å². The Morgan fingerprint density at radius 2 is 2.32 bits per heavy atom. The van der Waals surface area contributed by atoms with Crippen LogP contribution in [0.3, 0.4) is 0 Å². The van der Waals surface area contributed by atoms with Gasteiger partial charge >= 0.3 is 0 Å².